The number of hydrogen-bond acceptors (Lipinski definition) is 2. The summed E-state index contributed by atoms with van der Waals surface area (Å²) in [6.45, 7) is 4.78. The van der Waals surface area contributed by atoms with Crippen LogP contribution in [0.3, 0.4) is 0 Å². The fourth-order valence-corrected chi connectivity index (χ4v) is 2.22. The van der Waals surface area contributed by atoms with Gasteiger partial charge >= 0.3 is 0 Å². The van der Waals surface area contributed by atoms with Crippen molar-refractivity contribution in [2.24, 2.45) is 0 Å². The highest BCUT2D eigenvalue weighted by molar-refractivity contribution is 6.30. The highest BCUT2D eigenvalue weighted by atomic mass is 35.5. The van der Waals surface area contributed by atoms with Crippen LogP contribution in [0.5, 0.6) is 0 Å². The Labute approximate surface area is 125 Å². The predicted octanol–water partition coefficient (Wildman–Crippen LogP) is 4.61. The van der Waals surface area contributed by atoms with Crippen molar-refractivity contribution in [3.8, 4) is 0 Å². The number of aliphatic hydroxyl groups is 1. The van der Waals surface area contributed by atoms with Crippen LogP contribution in [0.2, 0.25) is 5.02 Å². The van der Waals surface area contributed by atoms with Crippen LogP contribution < -0.4 is 5.32 Å². The molecule has 106 valence electrons. The molecule has 2 N–H and O–H groups in total. The molecule has 0 amide bonds. The summed E-state index contributed by atoms with van der Waals surface area (Å²) in [5, 5.41) is 14.1. The lowest BCUT2D eigenvalue weighted by Crippen LogP contribution is -2.12. The Kier molecular flexibility index (Phi) is 5.05. The van der Waals surface area contributed by atoms with E-state index in [2.05, 4.69) is 31.3 Å². The first kappa shape index (κ1) is 14.9. The maximum absolute atomic E-state index is 10.2. The van der Waals surface area contributed by atoms with Gasteiger partial charge < -0.3 is 10.4 Å². The fourth-order valence-electron chi connectivity index (χ4n) is 2.03. The molecule has 0 saturated carbocycles. The minimum absolute atomic E-state index is 0.460. The standard InChI is InChI=1S/C17H20ClNO/c1-12(2)13-6-8-14(9-7-13)17(20)11-19-16-5-3-4-15(18)10-16/h3-10,12,17,19-20H,11H2,1-2H3. The van der Waals surface area contributed by atoms with Crippen LogP contribution in [-0.4, -0.2) is 11.7 Å². The Hall–Kier alpha value is -1.51. The van der Waals surface area contributed by atoms with Gasteiger partial charge in [0.2, 0.25) is 0 Å². The van der Waals surface area contributed by atoms with E-state index in [1.807, 2.05) is 36.4 Å². The Balaban J connectivity index is 1.96. The third kappa shape index (κ3) is 3.99. The summed E-state index contributed by atoms with van der Waals surface area (Å²) in [6.07, 6.45) is -0.532. The van der Waals surface area contributed by atoms with Crippen LogP contribution in [0.1, 0.15) is 37.0 Å². The van der Waals surface area contributed by atoms with E-state index in [1.54, 1.807) is 0 Å². The van der Waals surface area contributed by atoms with Gasteiger partial charge in [0.05, 0.1) is 6.10 Å². The van der Waals surface area contributed by atoms with E-state index >= 15 is 0 Å². The third-order valence-corrected chi connectivity index (χ3v) is 3.55. The van der Waals surface area contributed by atoms with Gasteiger partial charge in [-0.15, -0.1) is 0 Å². The first-order chi connectivity index (χ1) is 9.56. The second-order valence-electron chi connectivity index (χ2n) is 5.23. The van der Waals surface area contributed by atoms with Gasteiger partial charge in [0.25, 0.3) is 0 Å². The number of halogens is 1. The number of nitrogens with one attached hydrogen (secondary N) is 1. The lowest BCUT2D eigenvalue weighted by Gasteiger charge is -2.14. The molecule has 1 atom stereocenters. The molecule has 0 heterocycles. The van der Waals surface area contributed by atoms with E-state index in [0.29, 0.717) is 17.5 Å². The molecular weight excluding hydrogens is 270 g/mol. The van der Waals surface area contributed by atoms with Gasteiger partial charge in [0.15, 0.2) is 0 Å². The molecule has 0 fully saturated rings. The average molecular weight is 290 g/mol. The summed E-state index contributed by atoms with van der Waals surface area (Å²) in [5.74, 6) is 0.505. The number of benzene rings is 2. The topological polar surface area (TPSA) is 32.3 Å². The van der Waals surface area contributed by atoms with Crippen molar-refractivity contribution in [2.45, 2.75) is 25.9 Å². The van der Waals surface area contributed by atoms with Gasteiger partial charge in [-0.1, -0.05) is 55.8 Å². The van der Waals surface area contributed by atoms with Gasteiger partial charge in [0.1, 0.15) is 0 Å². The number of aliphatic hydroxyl groups excluding tert-OH is 1. The molecule has 2 aromatic carbocycles. The summed E-state index contributed by atoms with van der Waals surface area (Å²) < 4.78 is 0. The zero-order valence-corrected chi connectivity index (χ0v) is 12.6. The molecule has 0 aliphatic rings. The molecule has 2 aromatic rings. The maximum Gasteiger partial charge on any atom is 0.0962 e. The molecule has 0 bridgehead atoms. The van der Waals surface area contributed by atoms with Gasteiger partial charge in [-0.2, -0.15) is 0 Å². The molecule has 0 spiro atoms. The molecule has 20 heavy (non-hydrogen) atoms. The zero-order chi connectivity index (χ0) is 14.5. The Morgan fingerprint density at radius 2 is 1.70 bits per heavy atom. The summed E-state index contributed by atoms with van der Waals surface area (Å²) in [7, 11) is 0. The van der Waals surface area contributed by atoms with Crippen molar-refractivity contribution < 1.29 is 5.11 Å². The molecular formula is C17H20ClNO. The van der Waals surface area contributed by atoms with Crippen molar-refractivity contribution in [3.05, 3.63) is 64.7 Å². The molecule has 0 aromatic heterocycles. The van der Waals surface area contributed by atoms with Crippen molar-refractivity contribution in [1.29, 1.82) is 0 Å². The van der Waals surface area contributed by atoms with Crippen LogP contribution in [-0.2, 0) is 0 Å². The Bertz CT molecular complexity index is 551. The Morgan fingerprint density at radius 3 is 2.30 bits per heavy atom. The molecule has 0 radical (unpaired) electrons. The molecule has 1 unspecified atom stereocenters. The quantitative estimate of drug-likeness (QED) is 0.842. The van der Waals surface area contributed by atoms with Gasteiger partial charge in [-0.25, -0.2) is 0 Å². The van der Waals surface area contributed by atoms with Crippen molar-refractivity contribution in [2.75, 3.05) is 11.9 Å². The average Bonchev–Trinajstić information content (AvgIpc) is 2.45. The van der Waals surface area contributed by atoms with Crippen LogP contribution in [0.25, 0.3) is 0 Å². The molecule has 0 saturated heterocycles. The van der Waals surface area contributed by atoms with Crippen molar-refractivity contribution in [3.63, 3.8) is 0 Å². The fraction of sp³-hybridized carbons (Fsp3) is 0.294. The molecule has 0 aliphatic heterocycles. The lowest BCUT2D eigenvalue weighted by molar-refractivity contribution is 0.191. The molecule has 0 aliphatic carbocycles. The largest absolute Gasteiger partial charge is 0.387 e. The van der Waals surface area contributed by atoms with Crippen LogP contribution in [0.15, 0.2) is 48.5 Å². The highest BCUT2D eigenvalue weighted by Crippen LogP contribution is 2.20. The first-order valence-corrected chi connectivity index (χ1v) is 7.21. The van der Waals surface area contributed by atoms with Gasteiger partial charge in [0, 0.05) is 17.3 Å². The molecule has 2 nitrogen and oxygen atoms in total. The minimum atomic E-state index is -0.532. The summed E-state index contributed by atoms with van der Waals surface area (Å²) in [6, 6.07) is 15.6. The first-order valence-electron chi connectivity index (χ1n) is 6.83. The molecule has 3 heteroatoms. The van der Waals surface area contributed by atoms with E-state index in [9.17, 15) is 5.11 Å². The van der Waals surface area contributed by atoms with Crippen LogP contribution in [0, 0.1) is 0 Å². The second kappa shape index (κ2) is 6.78. The highest BCUT2D eigenvalue weighted by Gasteiger charge is 2.08. The molecule has 2 rings (SSSR count). The third-order valence-electron chi connectivity index (χ3n) is 3.31. The minimum Gasteiger partial charge on any atom is -0.387 e. The van der Waals surface area contributed by atoms with Crippen molar-refractivity contribution in [1.82, 2.24) is 0 Å². The Morgan fingerprint density at radius 1 is 1.05 bits per heavy atom. The van der Waals surface area contributed by atoms with E-state index < -0.39 is 6.10 Å². The predicted molar refractivity (Wildman–Crippen MR) is 85.4 cm³/mol. The zero-order valence-electron chi connectivity index (χ0n) is 11.8. The maximum atomic E-state index is 10.2. The van der Waals surface area contributed by atoms with Crippen LogP contribution in [0.4, 0.5) is 5.69 Å². The number of rotatable bonds is 5. The summed E-state index contributed by atoms with van der Waals surface area (Å²) in [4.78, 5) is 0. The lowest BCUT2D eigenvalue weighted by atomic mass is 10.00. The van der Waals surface area contributed by atoms with Crippen molar-refractivity contribution >= 4 is 17.3 Å². The number of anilines is 1. The normalized spacial score (nSPS) is 12.4. The van der Waals surface area contributed by atoms with E-state index in [-0.39, 0.29) is 0 Å². The smallest absolute Gasteiger partial charge is 0.0962 e. The van der Waals surface area contributed by atoms with E-state index in [0.717, 1.165) is 11.3 Å². The van der Waals surface area contributed by atoms with Gasteiger partial charge in [-0.05, 0) is 35.2 Å². The monoisotopic (exact) mass is 289 g/mol. The van der Waals surface area contributed by atoms with Crippen LogP contribution >= 0.6 is 11.6 Å². The van der Waals surface area contributed by atoms with E-state index in [1.165, 1.54) is 5.56 Å². The SMILES string of the molecule is CC(C)c1ccc(C(O)CNc2cccc(Cl)c2)cc1. The van der Waals surface area contributed by atoms with E-state index in [4.69, 9.17) is 11.6 Å². The van der Waals surface area contributed by atoms with Gasteiger partial charge in [-0.3, -0.25) is 0 Å². The second-order valence-corrected chi connectivity index (χ2v) is 5.66. The summed E-state index contributed by atoms with van der Waals surface area (Å²) in [5.41, 5.74) is 3.11. The number of hydrogen-bond donors (Lipinski definition) is 2. The summed E-state index contributed by atoms with van der Waals surface area (Å²) >= 11 is 5.92.